The van der Waals surface area contributed by atoms with Gasteiger partial charge in [-0.05, 0) is 83.8 Å². The molecule has 0 N–H and O–H groups in total. The second-order valence-electron chi connectivity index (χ2n) is 12.4. The molecule has 13 heteroatoms. The van der Waals surface area contributed by atoms with E-state index in [9.17, 15) is 4.79 Å². The van der Waals surface area contributed by atoms with Crippen LogP contribution in [0.1, 0.15) is 58.1 Å². The number of hydrogen-bond donors (Lipinski definition) is 0. The van der Waals surface area contributed by atoms with Gasteiger partial charge in [-0.25, -0.2) is 18.4 Å². The van der Waals surface area contributed by atoms with Gasteiger partial charge in [-0.3, -0.25) is 9.69 Å². The molecule has 2 aliphatic heterocycles. The van der Waals surface area contributed by atoms with Crippen LogP contribution in [0, 0.1) is 29.9 Å². The van der Waals surface area contributed by atoms with Gasteiger partial charge in [0.05, 0.1) is 31.4 Å². The molecule has 4 aromatic rings. The standard InChI is InChI=1S/C30H34F2N6O3.C5H10O.C2H3N/c1-17-15-20-27(26(32)24(17)25-21(31)7-5-9-23(25)40-4)33-30(41-18(2)22-8-6-12-36(22)3)28-29(20)38(35-34-28)19-10-13-37(16-39)14-11-19;1-3-4-5-6-2;1-2-3/h5,7,9,15-16,18-19,22H,6,8,10-14H2,1-4H3;3-4H,5H2,1-2H3;1H3/b;4-3+;/t18-,22?;;/m0../s1. The molecule has 0 aliphatic carbocycles. The molecule has 2 saturated heterocycles. The Morgan fingerprint density at radius 2 is 1.84 bits per heavy atom. The summed E-state index contributed by atoms with van der Waals surface area (Å²) < 4.78 is 50.2. The smallest absolute Gasteiger partial charge is 0.245 e. The number of fused-ring (bicyclic) bond motifs is 3. The predicted octanol–water partition coefficient (Wildman–Crippen LogP) is 6.64. The maximum atomic E-state index is 16.7. The van der Waals surface area contributed by atoms with Crippen molar-refractivity contribution >= 4 is 28.3 Å². The summed E-state index contributed by atoms with van der Waals surface area (Å²) in [6.45, 7) is 10.0. The molecule has 4 heterocycles. The summed E-state index contributed by atoms with van der Waals surface area (Å²) in [6, 6.07) is 8.14. The van der Waals surface area contributed by atoms with Gasteiger partial charge < -0.3 is 19.1 Å². The zero-order valence-corrected chi connectivity index (χ0v) is 29.9. The molecule has 2 aliphatic rings. The number of likely N-dealkylation sites (N-methyl/N-ethyl adjacent to an activating group) is 1. The Labute approximate surface area is 292 Å². The zero-order valence-electron chi connectivity index (χ0n) is 29.9. The average molecular weight is 692 g/mol. The van der Waals surface area contributed by atoms with Crippen molar-refractivity contribution in [3.63, 3.8) is 0 Å². The van der Waals surface area contributed by atoms with Crippen LogP contribution in [0.15, 0.2) is 36.4 Å². The molecule has 2 aromatic heterocycles. The third-order valence-corrected chi connectivity index (χ3v) is 9.16. The molecule has 0 bridgehead atoms. The van der Waals surface area contributed by atoms with E-state index in [4.69, 9.17) is 19.5 Å². The molecule has 1 unspecified atom stereocenters. The Morgan fingerprint density at radius 3 is 2.42 bits per heavy atom. The molecule has 268 valence electrons. The molecular formula is C37H47F2N7O4. The SMILES string of the molecule is C/C=C/COC.CC#N.COc1cccc(F)c1-c1c(C)cc2c(nc(O[C@@H](C)C3CCCN3C)c3nnn(C4CCN(C=O)CC4)c32)c1F. The zero-order chi connectivity index (χ0) is 36.4. The molecule has 6 rings (SSSR count). The molecular weight excluding hydrogens is 644 g/mol. The largest absolute Gasteiger partial charge is 0.496 e. The molecule has 0 saturated carbocycles. The van der Waals surface area contributed by atoms with Gasteiger partial charge in [-0.2, -0.15) is 5.26 Å². The molecule has 50 heavy (non-hydrogen) atoms. The Hall–Kier alpha value is -4.67. The van der Waals surface area contributed by atoms with Crippen molar-refractivity contribution in [2.45, 2.75) is 71.6 Å². The molecule has 2 aromatic carbocycles. The molecule has 0 spiro atoms. The van der Waals surface area contributed by atoms with E-state index in [0.29, 0.717) is 47.9 Å². The van der Waals surface area contributed by atoms with Crippen molar-refractivity contribution in [2.75, 3.05) is 47.5 Å². The Morgan fingerprint density at radius 1 is 1.12 bits per heavy atom. The fraction of sp³-hybridized carbons (Fsp3) is 0.486. The highest BCUT2D eigenvalue weighted by atomic mass is 19.1. The highest BCUT2D eigenvalue weighted by Crippen LogP contribution is 2.42. The first-order chi connectivity index (χ1) is 24.1. The molecule has 2 fully saturated rings. The first-order valence-electron chi connectivity index (χ1n) is 16.8. The van der Waals surface area contributed by atoms with Crippen molar-refractivity contribution in [3.05, 3.63) is 53.6 Å². The maximum Gasteiger partial charge on any atom is 0.245 e. The predicted molar refractivity (Wildman–Crippen MR) is 189 cm³/mol. The van der Waals surface area contributed by atoms with Crippen LogP contribution in [-0.2, 0) is 9.53 Å². The second kappa shape index (κ2) is 17.8. The lowest BCUT2D eigenvalue weighted by Crippen LogP contribution is -2.38. The second-order valence-corrected chi connectivity index (χ2v) is 12.4. The number of amides is 1. The van der Waals surface area contributed by atoms with Gasteiger partial charge in [0, 0.05) is 44.1 Å². The minimum Gasteiger partial charge on any atom is -0.496 e. The van der Waals surface area contributed by atoms with Crippen molar-refractivity contribution in [2.24, 2.45) is 0 Å². The fourth-order valence-corrected chi connectivity index (χ4v) is 6.67. The van der Waals surface area contributed by atoms with Crippen LogP contribution in [0.2, 0.25) is 0 Å². The summed E-state index contributed by atoms with van der Waals surface area (Å²) in [5, 5.41) is 16.8. The number of methoxy groups -OCH3 is 2. The van der Waals surface area contributed by atoms with Crippen LogP contribution in [0.3, 0.4) is 0 Å². The number of halogens is 2. The van der Waals surface area contributed by atoms with Crippen molar-refractivity contribution in [3.8, 4) is 28.8 Å². The van der Waals surface area contributed by atoms with Gasteiger partial charge in [-0.15, -0.1) is 5.10 Å². The van der Waals surface area contributed by atoms with Crippen molar-refractivity contribution in [1.82, 2.24) is 29.8 Å². The highest BCUT2D eigenvalue weighted by Gasteiger charge is 2.32. The number of nitriles is 1. The lowest BCUT2D eigenvalue weighted by Gasteiger charge is -2.29. The van der Waals surface area contributed by atoms with E-state index in [0.717, 1.165) is 32.4 Å². The number of carbonyl (C=O) groups is 1. The van der Waals surface area contributed by atoms with Gasteiger partial charge in [0.2, 0.25) is 12.3 Å². The van der Waals surface area contributed by atoms with E-state index >= 15 is 8.78 Å². The Kier molecular flexibility index (Phi) is 13.6. The number of rotatable bonds is 9. The number of piperidine rings is 1. The Balaban J connectivity index is 0.000000558. The summed E-state index contributed by atoms with van der Waals surface area (Å²) in [4.78, 5) is 20.0. The number of likely N-dealkylation sites (tertiary alicyclic amines) is 2. The minimum absolute atomic E-state index is 0.0391. The summed E-state index contributed by atoms with van der Waals surface area (Å²) in [5.74, 6) is -0.819. The van der Waals surface area contributed by atoms with Crippen LogP contribution in [-0.4, -0.2) is 95.8 Å². The van der Waals surface area contributed by atoms with Crippen molar-refractivity contribution in [1.29, 1.82) is 5.26 Å². The van der Waals surface area contributed by atoms with E-state index in [-0.39, 0.29) is 46.5 Å². The molecule has 11 nitrogen and oxygen atoms in total. The summed E-state index contributed by atoms with van der Waals surface area (Å²) in [7, 11) is 5.18. The number of aryl methyl sites for hydroxylation is 1. The topological polar surface area (TPSA) is 119 Å². The quantitative estimate of drug-likeness (QED) is 0.141. The van der Waals surface area contributed by atoms with Gasteiger partial charge in [-0.1, -0.05) is 23.4 Å². The average Bonchev–Trinajstić information content (AvgIpc) is 3.76. The van der Waals surface area contributed by atoms with Crippen LogP contribution in [0.5, 0.6) is 11.6 Å². The maximum absolute atomic E-state index is 16.7. The number of ether oxygens (including phenoxy) is 3. The summed E-state index contributed by atoms with van der Waals surface area (Å²) in [6.07, 6.45) is 7.99. The van der Waals surface area contributed by atoms with E-state index < -0.39 is 11.6 Å². The number of aromatic nitrogens is 4. The fourth-order valence-electron chi connectivity index (χ4n) is 6.67. The monoisotopic (exact) mass is 691 g/mol. The van der Waals surface area contributed by atoms with Gasteiger partial charge in [0.25, 0.3) is 0 Å². The Bertz CT molecular complexity index is 1830. The van der Waals surface area contributed by atoms with Crippen molar-refractivity contribution < 1.29 is 27.8 Å². The molecule has 2 atom stereocenters. The van der Waals surface area contributed by atoms with Crippen LogP contribution in [0.25, 0.3) is 33.1 Å². The highest BCUT2D eigenvalue weighted by molar-refractivity contribution is 6.06. The number of hydrogen-bond acceptors (Lipinski definition) is 9. The minimum atomic E-state index is -0.663. The number of allylic oxidation sites excluding steroid dienone is 1. The number of carbonyl (C=O) groups excluding carboxylic acids is 1. The summed E-state index contributed by atoms with van der Waals surface area (Å²) in [5.41, 5.74) is 1.80. The van der Waals surface area contributed by atoms with Gasteiger partial charge in [0.15, 0.2) is 11.3 Å². The molecule has 0 radical (unpaired) electrons. The third-order valence-electron chi connectivity index (χ3n) is 9.16. The first-order valence-corrected chi connectivity index (χ1v) is 16.8. The number of pyridine rings is 1. The van der Waals surface area contributed by atoms with Gasteiger partial charge in [0.1, 0.15) is 28.7 Å². The lowest BCUT2D eigenvalue weighted by atomic mass is 9.95. The summed E-state index contributed by atoms with van der Waals surface area (Å²) >= 11 is 0. The van der Waals surface area contributed by atoms with E-state index in [1.54, 1.807) is 31.1 Å². The van der Waals surface area contributed by atoms with E-state index in [2.05, 4.69) is 27.2 Å². The van der Waals surface area contributed by atoms with E-state index in [1.165, 1.54) is 26.2 Å². The third kappa shape index (κ3) is 8.20. The normalized spacial score (nSPS) is 17.2. The molecule has 1 amide bonds. The van der Waals surface area contributed by atoms with E-state index in [1.807, 2.05) is 36.7 Å². The van der Waals surface area contributed by atoms with Crippen LogP contribution in [0.4, 0.5) is 8.78 Å². The number of benzene rings is 2. The van der Waals surface area contributed by atoms with Gasteiger partial charge >= 0.3 is 0 Å². The van der Waals surface area contributed by atoms with Crippen LogP contribution >= 0.6 is 0 Å². The van der Waals surface area contributed by atoms with Crippen LogP contribution < -0.4 is 9.47 Å². The first kappa shape index (κ1) is 38.1. The number of nitrogens with zero attached hydrogens (tertiary/aromatic N) is 7. The lowest BCUT2D eigenvalue weighted by molar-refractivity contribution is -0.119.